The number of carbonyl (C=O) groups is 2. The Morgan fingerprint density at radius 2 is 1.81 bits per heavy atom. The molecule has 1 unspecified atom stereocenters. The third-order valence-electron chi connectivity index (χ3n) is 5.74. The first-order valence-corrected chi connectivity index (χ1v) is 10.9. The number of benzene rings is 1. The van der Waals surface area contributed by atoms with E-state index in [9.17, 15) is 14.7 Å². The Hall–Kier alpha value is -3.45. The molecule has 0 spiro atoms. The van der Waals surface area contributed by atoms with Crippen LogP contribution in [0.2, 0.25) is 0 Å². The number of hydrogen-bond acceptors (Lipinski definition) is 5. The number of aromatic nitrogens is 1. The van der Waals surface area contributed by atoms with Crippen molar-refractivity contribution >= 4 is 17.4 Å². The molecule has 0 radical (unpaired) electrons. The number of carbonyl (C=O) groups excluding carboxylic acids is 2. The predicted octanol–water partition coefficient (Wildman–Crippen LogP) is 0.795. The number of rotatable bonds is 10. The van der Waals surface area contributed by atoms with Gasteiger partial charge in [0.1, 0.15) is 12.4 Å². The molecule has 2 aromatic rings. The van der Waals surface area contributed by atoms with Gasteiger partial charge in [-0.05, 0) is 49.2 Å². The van der Waals surface area contributed by atoms with Crippen molar-refractivity contribution < 1.29 is 24.3 Å². The smallest absolute Gasteiger partial charge is 0.295 e. The van der Waals surface area contributed by atoms with E-state index in [-0.39, 0.29) is 5.57 Å². The SMILES string of the molecule is C=CCOc1ccc(/C([O-])=C2\C(=O)C(=O)N(CC[NH+](CC)CC)C2c2ccncc2)cc1. The summed E-state index contributed by atoms with van der Waals surface area (Å²) in [5.41, 5.74) is 1.01. The molecule has 168 valence electrons. The fraction of sp³-hybridized carbons (Fsp3) is 0.320. The molecule has 7 heteroatoms. The number of ether oxygens (including phenoxy) is 1. The van der Waals surface area contributed by atoms with Gasteiger partial charge in [-0.2, -0.15) is 0 Å². The monoisotopic (exact) mass is 435 g/mol. The second kappa shape index (κ2) is 10.7. The molecule has 1 saturated heterocycles. The van der Waals surface area contributed by atoms with Gasteiger partial charge in [-0.1, -0.05) is 30.5 Å². The first-order chi connectivity index (χ1) is 15.5. The first-order valence-electron chi connectivity index (χ1n) is 10.9. The normalized spacial score (nSPS) is 17.7. The summed E-state index contributed by atoms with van der Waals surface area (Å²) in [6.45, 7) is 11.1. The van der Waals surface area contributed by atoms with Crippen molar-refractivity contribution in [3.05, 3.63) is 78.1 Å². The van der Waals surface area contributed by atoms with E-state index >= 15 is 0 Å². The van der Waals surface area contributed by atoms with Crippen LogP contribution >= 0.6 is 0 Å². The average Bonchev–Trinajstić information content (AvgIpc) is 3.08. The lowest BCUT2D eigenvalue weighted by Crippen LogP contribution is -3.12. The summed E-state index contributed by atoms with van der Waals surface area (Å²) in [4.78, 5) is 32.8. The molecule has 0 bridgehead atoms. The fourth-order valence-corrected chi connectivity index (χ4v) is 3.89. The van der Waals surface area contributed by atoms with Crippen LogP contribution in [0.1, 0.15) is 31.0 Å². The molecule has 1 aliphatic rings. The molecule has 0 saturated carbocycles. The van der Waals surface area contributed by atoms with Gasteiger partial charge >= 0.3 is 0 Å². The summed E-state index contributed by atoms with van der Waals surface area (Å²) in [5.74, 6) is -1.22. The van der Waals surface area contributed by atoms with Gasteiger partial charge in [0, 0.05) is 18.0 Å². The van der Waals surface area contributed by atoms with E-state index in [1.807, 2.05) is 0 Å². The number of nitrogens with zero attached hydrogens (tertiary/aromatic N) is 2. The number of pyridine rings is 1. The van der Waals surface area contributed by atoms with Gasteiger partial charge in [0.2, 0.25) is 5.78 Å². The Morgan fingerprint density at radius 3 is 2.41 bits per heavy atom. The van der Waals surface area contributed by atoms with Crippen LogP contribution in [0, 0.1) is 0 Å². The van der Waals surface area contributed by atoms with Gasteiger partial charge < -0.3 is 19.6 Å². The number of Topliss-reactive ketones (excluding diaryl/α,β-unsaturated/α-hetero) is 1. The third kappa shape index (κ3) is 4.89. The standard InChI is InChI=1S/C25H29N3O4/c1-4-17-32-20-9-7-19(8-10-20)23(29)21-22(18-11-13-26-14-12-18)28(25(31)24(21)30)16-15-27(5-2)6-3/h4,7-14,22,29H,1,5-6,15-17H2,2-3H3/b23-21+. The van der Waals surface area contributed by atoms with E-state index in [0.717, 1.165) is 13.1 Å². The molecule has 1 aliphatic heterocycles. The number of likely N-dealkylation sites (N-methyl/N-ethyl adjacent to an activating group) is 1. The van der Waals surface area contributed by atoms with Crippen LogP contribution in [0.15, 0.2) is 67.0 Å². The van der Waals surface area contributed by atoms with Crippen LogP contribution in [0.4, 0.5) is 0 Å². The second-order valence-electron chi connectivity index (χ2n) is 7.58. The molecule has 1 N–H and O–H groups in total. The van der Waals surface area contributed by atoms with E-state index in [2.05, 4.69) is 25.4 Å². The molecule has 3 rings (SSSR count). The highest BCUT2D eigenvalue weighted by molar-refractivity contribution is 6.46. The second-order valence-corrected chi connectivity index (χ2v) is 7.58. The summed E-state index contributed by atoms with van der Waals surface area (Å²) < 4.78 is 5.46. The van der Waals surface area contributed by atoms with Crippen LogP contribution in [0.25, 0.3) is 5.76 Å². The van der Waals surface area contributed by atoms with Crippen molar-refractivity contribution in [1.29, 1.82) is 0 Å². The zero-order chi connectivity index (χ0) is 23.1. The lowest BCUT2D eigenvalue weighted by Gasteiger charge is -2.28. The predicted molar refractivity (Wildman–Crippen MR) is 120 cm³/mol. The number of amides is 1. The first kappa shape index (κ1) is 23.2. The minimum Gasteiger partial charge on any atom is -0.872 e. The van der Waals surface area contributed by atoms with E-state index in [1.54, 1.807) is 54.9 Å². The number of nitrogens with one attached hydrogen (secondary N) is 1. The van der Waals surface area contributed by atoms with E-state index in [1.165, 1.54) is 9.80 Å². The van der Waals surface area contributed by atoms with Crippen LogP contribution in [0.5, 0.6) is 5.75 Å². The fourth-order valence-electron chi connectivity index (χ4n) is 3.89. The summed E-state index contributed by atoms with van der Waals surface area (Å²) >= 11 is 0. The van der Waals surface area contributed by atoms with Crippen molar-refractivity contribution in [3.63, 3.8) is 0 Å². The molecule has 7 nitrogen and oxygen atoms in total. The minimum absolute atomic E-state index is 0.0180. The van der Waals surface area contributed by atoms with Crippen LogP contribution in [-0.2, 0) is 9.59 Å². The van der Waals surface area contributed by atoms with Gasteiger partial charge in [-0.15, -0.1) is 0 Å². The molecule has 1 amide bonds. The highest BCUT2D eigenvalue weighted by Crippen LogP contribution is 2.38. The van der Waals surface area contributed by atoms with Crippen molar-refractivity contribution in [3.8, 4) is 5.75 Å². The van der Waals surface area contributed by atoms with Crippen molar-refractivity contribution in [1.82, 2.24) is 9.88 Å². The molecule has 32 heavy (non-hydrogen) atoms. The molecule has 1 aromatic heterocycles. The van der Waals surface area contributed by atoms with Gasteiger partial charge in [-0.25, -0.2) is 0 Å². The van der Waals surface area contributed by atoms with Crippen molar-refractivity contribution in [2.24, 2.45) is 0 Å². The zero-order valence-corrected chi connectivity index (χ0v) is 18.5. The average molecular weight is 436 g/mol. The molecular weight excluding hydrogens is 406 g/mol. The number of hydrogen-bond donors (Lipinski definition) is 1. The Labute approximate surface area is 188 Å². The van der Waals surface area contributed by atoms with Crippen LogP contribution < -0.4 is 14.7 Å². The maximum atomic E-state index is 13.4. The number of ketones is 1. The van der Waals surface area contributed by atoms with E-state index in [4.69, 9.17) is 4.74 Å². The largest absolute Gasteiger partial charge is 0.872 e. The quantitative estimate of drug-likeness (QED) is 0.258. The third-order valence-corrected chi connectivity index (χ3v) is 5.74. The molecule has 2 heterocycles. The zero-order valence-electron chi connectivity index (χ0n) is 18.5. The molecule has 0 aliphatic carbocycles. The number of quaternary nitrogens is 1. The van der Waals surface area contributed by atoms with E-state index in [0.29, 0.717) is 36.6 Å². The van der Waals surface area contributed by atoms with Gasteiger partial charge in [0.05, 0.1) is 32.2 Å². The Balaban J connectivity index is 2.00. The molecule has 1 fully saturated rings. The molecule has 1 aromatic carbocycles. The molecule has 1 atom stereocenters. The summed E-state index contributed by atoms with van der Waals surface area (Å²) in [5, 5.41) is 13.4. The van der Waals surface area contributed by atoms with Gasteiger partial charge in [0.25, 0.3) is 5.91 Å². The lowest BCUT2D eigenvalue weighted by molar-refractivity contribution is -0.895. The Bertz CT molecular complexity index is 982. The van der Waals surface area contributed by atoms with Crippen LogP contribution in [-0.4, -0.2) is 54.4 Å². The molecular formula is C25H29N3O4. The van der Waals surface area contributed by atoms with Gasteiger partial charge in [0.15, 0.2) is 0 Å². The number of likely N-dealkylation sites (tertiary alicyclic amines) is 1. The van der Waals surface area contributed by atoms with E-state index < -0.39 is 23.5 Å². The topological polar surface area (TPSA) is 87.0 Å². The summed E-state index contributed by atoms with van der Waals surface area (Å²) in [7, 11) is 0. The van der Waals surface area contributed by atoms with Crippen molar-refractivity contribution in [2.45, 2.75) is 19.9 Å². The van der Waals surface area contributed by atoms with Gasteiger partial charge in [-0.3, -0.25) is 14.6 Å². The van der Waals surface area contributed by atoms with Crippen molar-refractivity contribution in [2.75, 3.05) is 32.8 Å². The Morgan fingerprint density at radius 1 is 1.16 bits per heavy atom. The lowest BCUT2D eigenvalue weighted by atomic mass is 9.96. The summed E-state index contributed by atoms with van der Waals surface area (Å²) in [6, 6.07) is 9.32. The Kier molecular flexibility index (Phi) is 7.78. The summed E-state index contributed by atoms with van der Waals surface area (Å²) in [6.07, 6.45) is 4.83. The van der Waals surface area contributed by atoms with Crippen LogP contribution in [0.3, 0.4) is 0 Å². The maximum absolute atomic E-state index is 13.4. The highest BCUT2D eigenvalue weighted by Gasteiger charge is 2.44. The minimum atomic E-state index is -0.738. The maximum Gasteiger partial charge on any atom is 0.295 e. The highest BCUT2D eigenvalue weighted by atomic mass is 16.5.